The summed E-state index contributed by atoms with van der Waals surface area (Å²) < 4.78 is 17.9. The first-order valence-corrected chi connectivity index (χ1v) is 5.70. The molecule has 6 heteroatoms. The molecule has 1 rings (SSSR count). The lowest BCUT2D eigenvalue weighted by atomic mass is 9.60. The largest absolute Gasteiger partial charge is 0.375 e. The molecule has 4 radical (unpaired) electrons. The number of nitrogens with zero attached hydrogens (tertiary/aromatic N) is 1. The van der Waals surface area contributed by atoms with Gasteiger partial charge in [-0.15, -0.1) is 0 Å². The standard InChI is InChI=1S/C12H17B2FN2O/c1-9(3-4-10(2)15)6-17-7-11(5-16)18-8-12(17,13)14/h3-4,11H,1-2,5-8,16H2/b4-3-. The average Bonchev–Trinajstić information content (AvgIpc) is 2.29. The van der Waals surface area contributed by atoms with Crippen LogP contribution in [0.5, 0.6) is 0 Å². The SMILES string of the molecule is [B]C1([B])COC(CN)CN1CC(=C)/C=C\C(=C)F. The highest BCUT2D eigenvalue weighted by Crippen LogP contribution is 2.18. The number of hydrogen-bond acceptors (Lipinski definition) is 3. The van der Waals surface area contributed by atoms with Crippen molar-refractivity contribution in [2.24, 2.45) is 5.73 Å². The number of rotatable bonds is 5. The second-order valence-electron chi connectivity index (χ2n) is 4.48. The Morgan fingerprint density at radius 3 is 2.72 bits per heavy atom. The summed E-state index contributed by atoms with van der Waals surface area (Å²) >= 11 is 0. The molecule has 0 spiro atoms. The van der Waals surface area contributed by atoms with Gasteiger partial charge in [-0.05, 0) is 17.0 Å². The van der Waals surface area contributed by atoms with E-state index in [4.69, 9.17) is 26.2 Å². The molecule has 1 fully saturated rings. The molecule has 0 amide bonds. The van der Waals surface area contributed by atoms with E-state index in [0.29, 0.717) is 25.2 Å². The normalized spacial score (nSPS) is 24.2. The zero-order valence-corrected chi connectivity index (χ0v) is 10.4. The van der Waals surface area contributed by atoms with Crippen molar-refractivity contribution in [3.63, 3.8) is 0 Å². The van der Waals surface area contributed by atoms with Crippen LogP contribution in [-0.2, 0) is 4.74 Å². The summed E-state index contributed by atoms with van der Waals surface area (Å²) in [5.74, 6) is -0.523. The van der Waals surface area contributed by atoms with Gasteiger partial charge in [0.05, 0.1) is 21.8 Å². The second-order valence-corrected chi connectivity index (χ2v) is 4.48. The molecule has 1 aliphatic rings. The summed E-state index contributed by atoms with van der Waals surface area (Å²) in [5, 5.41) is -1.06. The summed E-state index contributed by atoms with van der Waals surface area (Å²) in [5.41, 5.74) is 6.24. The van der Waals surface area contributed by atoms with Crippen LogP contribution in [0.1, 0.15) is 0 Å². The molecule has 94 valence electrons. The van der Waals surface area contributed by atoms with E-state index < -0.39 is 11.2 Å². The quantitative estimate of drug-likeness (QED) is 0.557. The minimum atomic E-state index is -1.06. The highest BCUT2D eigenvalue weighted by molar-refractivity contribution is 6.40. The van der Waals surface area contributed by atoms with E-state index in [1.165, 1.54) is 6.08 Å². The van der Waals surface area contributed by atoms with E-state index in [0.717, 1.165) is 0 Å². The summed E-state index contributed by atoms with van der Waals surface area (Å²) in [6.07, 6.45) is 2.70. The molecule has 1 saturated heterocycles. The van der Waals surface area contributed by atoms with Crippen LogP contribution in [0.15, 0.2) is 36.7 Å². The summed E-state index contributed by atoms with van der Waals surface area (Å²) in [6.45, 7) is 8.49. The molecule has 0 aromatic carbocycles. The lowest BCUT2D eigenvalue weighted by Crippen LogP contribution is -2.61. The Kier molecular flexibility index (Phi) is 5.38. The topological polar surface area (TPSA) is 38.5 Å². The van der Waals surface area contributed by atoms with Gasteiger partial charge in [0, 0.05) is 26.2 Å². The van der Waals surface area contributed by atoms with Gasteiger partial charge >= 0.3 is 0 Å². The van der Waals surface area contributed by atoms with E-state index in [2.05, 4.69) is 13.2 Å². The molecule has 0 bridgehead atoms. The van der Waals surface area contributed by atoms with Crippen LogP contribution < -0.4 is 5.73 Å². The number of nitrogens with two attached hydrogens (primary N) is 1. The highest BCUT2D eigenvalue weighted by Gasteiger charge is 2.33. The fourth-order valence-electron chi connectivity index (χ4n) is 1.67. The number of morpholine rings is 1. The van der Waals surface area contributed by atoms with Gasteiger partial charge in [-0.25, -0.2) is 4.39 Å². The molecule has 1 aliphatic heterocycles. The van der Waals surface area contributed by atoms with Crippen molar-refractivity contribution in [2.75, 3.05) is 26.2 Å². The molecule has 3 nitrogen and oxygen atoms in total. The van der Waals surface area contributed by atoms with E-state index >= 15 is 0 Å². The minimum Gasteiger partial charge on any atom is -0.375 e. The summed E-state index contributed by atoms with van der Waals surface area (Å²) in [4.78, 5) is 1.82. The first-order chi connectivity index (χ1) is 8.35. The van der Waals surface area contributed by atoms with Crippen molar-refractivity contribution in [1.29, 1.82) is 0 Å². The predicted octanol–water partition coefficient (Wildman–Crippen LogP) is 0.232. The van der Waals surface area contributed by atoms with Crippen molar-refractivity contribution < 1.29 is 9.13 Å². The fourth-order valence-corrected chi connectivity index (χ4v) is 1.67. The molecule has 2 N–H and O–H groups in total. The molecule has 0 aromatic rings. The van der Waals surface area contributed by atoms with Crippen molar-refractivity contribution in [3.8, 4) is 0 Å². The summed E-state index contributed by atoms with van der Waals surface area (Å²) in [6, 6.07) is 0. The van der Waals surface area contributed by atoms with Crippen LogP contribution in [0.4, 0.5) is 4.39 Å². The predicted molar refractivity (Wildman–Crippen MR) is 73.1 cm³/mol. The summed E-state index contributed by atoms with van der Waals surface area (Å²) in [7, 11) is 11.8. The fraction of sp³-hybridized carbons (Fsp3) is 0.500. The highest BCUT2D eigenvalue weighted by atomic mass is 19.1. The van der Waals surface area contributed by atoms with Crippen LogP contribution in [0.25, 0.3) is 0 Å². The third-order valence-corrected chi connectivity index (χ3v) is 2.72. The molecule has 0 saturated carbocycles. The molecular weight excluding hydrogens is 229 g/mol. The van der Waals surface area contributed by atoms with Crippen LogP contribution in [0.2, 0.25) is 0 Å². The van der Waals surface area contributed by atoms with Gasteiger partial charge in [-0.2, -0.15) is 0 Å². The minimum absolute atomic E-state index is 0.0989. The lowest BCUT2D eigenvalue weighted by molar-refractivity contribution is -0.0456. The monoisotopic (exact) mass is 246 g/mol. The van der Waals surface area contributed by atoms with Gasteiger partial charge in [0.15, 0.2) is 0 Å². The Morgan fingerprint density at radius 1 is 1.50 bits per heavy atom. The number of hydrogen-bond donors (Lipinski definition) is 1. The van der Waals surface area contributed by atoms with Gasteiger partial charge in [0.25, 0.3) is 0 Å². The molecule has 0 aromatic heterocycles. The zero-order valence-electron chi connectivity index (χ0n) is 10.4. The first-order valence-electron chi connectivity index (χ1n) is 5.70. The Hall–Kier alpha value is -0.840. The molecule has 18 heavy (non-hydrogen) atoms. The van der Waals surface area contributed by atoms with Crippen LogP contribution in [0.3, 0.4) is 0 Å². The third kappa shape index (κ3) is 4.44. The van der Waals surface area contributed by atoms with Gasteiger partial charge in [0.2, 0.25) is 0 Å². The molecule has 1 unspecified atom stereocenters. The smallest absolute Gasteiger partial charge is 0.116 e. The Morgan fingerprint density at radius 2 is 2.17 bits per heavy atom. The Balaban J connectivity index is 2.62. The van der Waals surface area contributed by atoms with Crippen molar-refractivity contribution in [1.82, 2.24) is 4.90 Å². The van der Waals surface area contributed by atoms with Crippen molar-refractivity contribution >= 4 is 15.7 Å². The number of ether oxygens (including phenoxy) is 1. The Bertz CT molecular complexity index is 358. The van der Waals surface area contributed by atoms with Gasteiger partial charge < -0.3 is 15.4 Å². The second kappa shape index (κ2) is 6.36. The molecular formula is C12H17B2FN2O. The van der Waals surface area contributed by atoms with Gasteiger partial charge in [-0.1, -0.05) is 19.2 Å². The maximum absolute atomic E-state index is 12.5. The van der Waals surface area contributed by atoms with Crippen molar-refractivity contribution in [3.05, 3.63) is 36.7 Å². The molecule has 1 heterocycles. The number of allylic oxidation sites excluding steroid dienone is 2. The Labute approximate surface area is 110 Å². The molecule has 1 atom stereocenters. The lowest BCUT2D eigenvalue weighted by Gasteiger charge is -2.46. The van der Waals surface area contributed by atoms with E-state index in [-0.39, 0.29) is 12.7 Å². The average molecular weight is 246 g/mol. The van der Waals surface area contributed by atoms with Crippen LogP contribution in [0, 0.1) is 0 Å². The van der Waals surface area contributed by atoms with E-state index in [1.807, 2.05) is 4.90 Å². The maximum Gasteiger partial charge on any atom is 0.116 e. The first kappa shape index (κ1) is 15.2. The zero-order chi connectivity index (χ0) is 13.8. The molecule has 0 aliphatic carbocycles. The maximum atomic E-state index is 12.5. The number of halogens is 1. The van der Waals surface area contributed by atoms with Gasteiger partial charge in [-0.3, -0.25) is 0 Å². The van der Waals surface area contributed by atoms with Gasteiger partial charge in [0.1, 0.15) is 5.83 Å². The van der Waals surface area contributed by atoms with Crippen LogP contribution in [-0.4, -0.2) is 58.3 Å². The van der Waals surface area contributed by atoms with E-state index in [1.54, 1.807) is 6.08 Å². The van der Waals surface area contributed by atoms with E-state index in [9.17, 15) is 4.39 Å². The van der Waals surface area contributed by atoms with Crippen LogP contribution >= 0.6 is 0 Å². The third-order valence-electron chi connectivity index (χ3n) is 2.72. The van der Waals surface area contributed by atoms with Crippen molar-refractivity contribution in [2.45, 2.75) is 11.4 Å².